The number of halogens is 2. The molecule has 1 atom stereocenters. The molecule has 3 nitrogen and oxygen atoms in total. The maximum atomic E-state index is 14.2. The molecule has 0 bridgehead atoms. The molecule has 0 spiro atoms. The van der Waals surface area contributed by atoms with Crippen LogP contribution in [0.3, 0.4) is 0 Å². The minimum absolute atomic E-state index is 0.155. The zero-order valence-corrected chi connectivity index (χ0v) is 11.1. The largest absolute Gasteiger partial charge is 0.317 e. The van der Waals surface area contributed by atoms with Gasteiger partial charge < -0.3 is 5.32 Å². The molecule has 0 saturated carbocycles. The van der Waals surface area contributed by atoms with E-state index < -0.39 is 6.17 Å². The summed E-state index contributed by atoms with van der Waals surface area (Å²) in [5.41, 5.74) is 1.59. The lowest BCUT2D eigenvalue weighted by Crippen LogP contribution is -2.33. The Morgan fingerprint density at radius 1 is 1.53 bits per heavy atom. The van der Waals surface area contributed by atoms with Gasteiger partial charge in [0.25, 0.3) is 0 Å². The summed E-state index contributed by atoms with van der Waals surface area (Å²) in [5.74, 6) is 0.155. The van der Waals surface area contributed by atoms with E-state index in [-0.39, 0.29) is 5.92 Å². The fourth-order valence-electron chi connectivity index (χ4n) is 2.46. The zero-order valence-electron chi connectivity index (χ0n) is 10.3. The Balaban J connectivity index is 2.04. The van der Waals surface area contributed by atoms with Gasteiger partial charge in [-0.2, -0.15) is 5.10 Å². The normalized spacial score (nSPS) is 19.5. The molecule has 1 aromatic rings. The van der Waals surface area contributed by atoms with Crippen LogP contribution < -0.4 is 5.32 Å². The van der Waals surface area contributed by atoms with Crippen molar-refractivity contribution >= 4 is 11.6 Å². The number of nitrogens with zero attached hydrogens (tertiary/aromatic N) is 2. The maximum Gasteiger partial charge on any atom is 0.109 e. The Kier molecular flexibility index (Phi) is 4.05. The van der Waals surface area contributed by atoms with Crippen molar-refractivity contribution in [3.05, 3.63) is 16.4 Å². The third kappa shape index (κ3) is 2.80. The van der Waals surface area contributed by atoms with E-state index in [4.69, 9.17) is 11.6 Å². The van der Waals surface area contributed by atoms with E-state index in [0.29, 0.717) is 11.4 Å². The van der Waals surface area contributed by atoms with Gasteiger partial charge in [-0.1, -0.05) is 11.6 Å². The molecule has 2 rings (SSSR count). The van der Waals surface area contributed by atoms with Crippen molar-refractivity contribution in [1.29, 1.82) is 0 Å². The summed E-state index contributed by atoms with van der Waals surface area (Å²) in [7, 11) is 1.82. The molecular formula is C12H19ClFN3. The average molecular weight is 260 g/mol. The molecule has 1 aromatic heterocycles. The van der Waals surface area contributed by atoms with Crippen LogP contribution in [0, 0.1) is 12.8 Å². The van der Waals surface area contributed by atoms with Crippen LogP contribution >= 0.6 is 11.6 Å². The topological polar surface area (TPSA) is 29.9 Å². The summed E-state index contributed by atoms with van der Waals surface area (Å²) in [6, 6.07) is 0. The second-order valence-electron chi connectivity index (χ2n) is 4.78. The number of aromatic nitrogens is 2. The van der Waals surface area contributed by atoms with Crippen molar-refractivity contribution in [2.45, 2.75) is 32.4 Å². The highest BCUT2D eigenvalue weighted by atomic mass is 35.5. The van der Waals surface area contributed by atoms with Gasteiger partial charge in [-0.3, -0.25) is 4.68 Å². The van der Waals surface area contributed by atoms with E-state index in [0.717, 1.165) is 37.3 Å². The van der Waals surface area contributed by atoms with Gasteiger partial charge in [-0.15, -0.1) is 0 Å². The Hall–Kier alpha value is -0.610. The van der Waals surface area contributed by atoms with Gasteiger partial charge in [0, 0.05) is 13.5 Å². The summed E-state index contributed by atoms with van der Waals surface area (Å²) in [6.07, 6.45) is 1.39. The van der Waals surface area contributed by atoms with E-state index >= 15 is 0 Å². The maximum absolute atomic E-state index is 14.2. The minimum Gasteiger partial charge on any atom is -0.317 e. The van der Waals surface area contributed by atoms with Crippen molar-refractivity contribution in [2.24, 2.45) is 13.0 Å². The van der Waals surface area contributed by atoms with Crippen molar-refractivity contribution in [2.75, 3.05) is 13.1 Å². The lowest BCUT2D eigenvalue weighted by Gasteiger charge is -2.25. The van der Waals surface area contributed by atoms with Crippen LogP contribution in [0.4, 0.5) is 4.39 Å². The number of alkyl halides is 1. The monoisotopic (exact) mass is 259 g/mol. The highest BCUT2D eigenvalue weighted by molar-refractivity contribution is 6.31. The molecule has 0 aliphatic carbocycles. The fraction of sp³-hybridized carbons (Fsp3) is 0.750. The summed E-state index contributed by atoms with van der Waals surface area (Å²) in [6.45, 7) is 3.69. The number of nitrogens with one attached hydrogen (secondary N) is 1. The first kappa shape index (κ1) is 12.8. The molecule has 1 N–H and O–H groups in total. The number of rotatable bonds is 3. The minimum atomic E-state index is -0.815. The molecule has 1 fully saturated rings. The second-order valence-corrected chi connectivity index (χ2v) is 5.16. The Morgan fingerprint density at radius 2 is 2.18 bits per heavy atom. The van der Waals surface area contributed by atoms with Gasteiger partial charge in [0.15, 0.2) is 0 Å². The van der Waals surface area contributed by atoms with Crippen LogP contribution in [-0.2, 0) is 13.5 Å². The number of piperidine rings is 1. The SMILES string of the molecule is Cc1nn(C)c(CC(F)C2CCNCC2)c1Cl. The van der Waals surface area contributed by atoms with Crippen molar-refractivity contribution in [3.63, 3.8) is 0 Å². The van der Waals surface area contributed by atoms with Crippen LogP contribution in [0.25, 0.3) is 0 Å². The van der Waals surface area contributed by atoms with Crippen molar-refractivity contribution in [3.8, 4) is 0 Å². The molecule has 0 amide bonds. The van der Waals surface area contributed by atoms with Crippen molar-refractivity contribution in [1.82, 2.24) is 15.1 Å². The molecule has 1 aliphatic heterocycles. The van der Waals surface area contributed by atoms with E-state index in [1.54, 1.807) is 4.68 Å². The third-order valence-corrected chi connectivity index (χ3v) is 4.04. The standard InChI is InChI=1S/C12H19ClFN3/c1-8-12(13)11(17(2)16-8)7-10(14)9-3-5-15-6-4-9/h9-10,15H,3-7H2,1-2H3. The molecule has 1 aliphatic rings. The van der Waals surface area contributed by atoms with Gasteiger partial charge in [0.05, 0.1) is 16.4 Å². The summed E-state index contributed by atoms with van der Waals surface area (Å²) in [5, 5.41) is 8.08. The van der Waals surface area contributed by atoms with E-state index in [1.165, 1.54) is 0 Å². The first-order valence-electron chi connectivity index (χ1n) is 6.12. The van der Waals surface area contributed by atoms with E-state index in [9.17, 15) is 4.39 Å². The van der Waals surface area contributed by atoms with E-state index in [1.807, 2.05) is 14.0 Å². The first-order chi connectivity index (χ1) is 8.09. The predicted molar refractivity (Wildman–Crippen MR) is 67.1 cm³/mol. The molecule has 0 radical (unpaired) electrons. The third-order valence-electron chi connectivity index (χ3n) is 3.55. The van der Waals surface area contributed by atoms with Gasteiger partial charge >= 0.3 is 0 Å². The van der Waals surface area contributed by atoms with Crippen LogP contribution in [0.5, 0.6) is 0 Å². The second kappa shape index (κ2) is 5.36. The van der Waals surface area contributed by atoms with Crippen LogP contribution in [0.2, 0.25) is 5.02 Å². The molecule has 96 valence electrons. The quantitative estimate of drug-likeness (QED) is 0.903. The van der Waals surface area contributed by atoms with Gasteiger partial charge in [0.2, 0.25) is 0 Å². The predicted octanol–water partition coefficient (Wildman–Crippen LogP) is 2.26. The highest BCUT2D eigenvalue weighted by Crippen LogP contribution is 2.26. The molecule has 1 unspecified atom stereocenters. The molecule has 2 heterocycles. The summed E-state index contributed by atoms with van der Waals surface area (Å²) >= 11 is 6.13. The lowest BCUT2D eigenvalue weighted by molar-refractivity contribution is 0.185. The van der Waals surface area contributed by atoms with Gasteiger partial charge in [0.1, 0.15) is 6.17 Å². The number of hydrogen-bond acceptors (Lipinski definition) is 2. The fourth-order valence-corrected chi connectivity index (χ4v) is 2.70. The molecule has 5 heteroatoms. The van der Waals surface area contributed by atoms with Crippen LogP contribution in [-0.4, -0.2) is 29.0 Å². The first-order valence-corrected chi connectivity index (χ1v) is 6.50. The zero-order chi connectivity index (χ0) is 12.4. The Labute approximate surface area is 106 Å². The molecular weight excluding hydrogens is 241 g/mol. The highest BCUT2D eigenvalue weighted by Gasteiger charge is 2.25. The molecule has 17 heavy (non-hydrogen) atoms. The molecule has 1 saturated heterocycles. The summed E-state index contributed by atoms with van der Waals surface area (Å²) in [4.78, 5) is 0. The van der Waals surface area contributed by atoms with Crippen molar-refractivity contribution < 1.29 is 4.39 Å². The molecule has 0 aromatic carbocycles. The smallest absolute Gasteiger partial charge is 0.109 e. The van der Waals surface area contributed by atoms with Crippen LogP contribution in [0.15, 0.2) is 0 Å². The number of aryl methyl sites for hydroxylation is 2. The van der Waals surface area contributed by atoms with Gasteiger partial charge in [-0.05, 0) is 38.8 Å². The summed E-state index contributed by atoms with van der Waals surface area (Å²) < 4.78 is 15.9. The van der Waals surface area contributed by atoms with Crippen LogP contribution in [0.1, 0.15) is 24.2 Å². The Bertz CT molecular complexity index is 385. The number of hydrogen-bond donors (Lipinski definition) is 1. The van der Waals surface area contributed by atoms with Gasteiger partial charge in [-0.25, -0.2) is 4.39 Å². The Morgan fingerprint density at radius 3 is 2.71 bits per heavy atom. The lowest BCUT2D eigenvalue weighted by atomic mass is 9.90. The average Bonchev–Trinajstić information content (AvgIpc) is 2.57. The van der Waals surface area contributed by atoms with E-state index in [2.05, 4.69) is 10.4 Å².